The first kappa shape index (κ1) is 13.1. The molecule has 4 nitrogen and oxygen atoms in total. The zero-order valence-electron chi connectivity index (χ0n) is 9.20. The summed E-state index contributed by atoms with van der Waals surface area (Å²) in [6.07, 6.45) is 0. The van der Waals surface area contributed by atoms with Gasteiger partial charge in [-0.25, -0.2) is 8.78 Å². The highest BCUT2D eigenvalue weighted by Gasteiger charge is 2.31. The van der Waals surface area contributed by atoms with E-state index in [9.17, 15) is 18.4 Å². The maximum atomic E-state index is 13.0. The number of benzene rings is 1. The van der Waals surface area contributed by atoms with Gasteiger partial charge in [-0.05, 0) is 17.7 Å². The molecule has 17 heavy (non-hydrogen) atoms. The topological polar surface area (TPSA) is 52.6 Å². The summed E-state index contributed by atoms with van der Waals surface area (Å²) in [7, 11) is 2.13. The Morgan fingerprint density at radius 1 is 1.00 bits per heavy atom. The Morgan fingerprint density at radius 3 is 1.76 bits per heavy atom. The molecular formula is C11H10F2O4. The molecule has 1 rings (SSSR count). The molecule has 0 fully saturated rings. The monoisotopic (exact) mass is 244 g/mol. The maximum Gasteiger partial charge on any atom is 0.324 e. The van der Waals surface area contributed by atoms with Crippen LogP contribution < -0.4 is 0 Å². The smallest absolute Gasteiger partial charge is 0.324 e. The molecule has 0 unspecified atom stereocenters. The second-order valence-corrected chi connectivity index (χ2v) is 3.18. The highest BCUT2D eigenvalue weighted by Crippen LogP contribution is 2.21. The van der Waals surface area contributed by atoms with Crippen LogP contribution in [0.25, 0.3) is 0 Å². The predicted octanol–water partition coefficient (Wildman–Crippen LogP) is 1.39. The Kier molecular flexibility index (Phi) is 4.14. The predicted molar refractivity (Wildman–Crippen MR) is 53.1 cm³/mol. The lowest BCUT2D eigenvalue weighted by molar-refractivity contribution is -0.154. The lowest BCUT2D eigenvalue weighted by atomic mass is 9.99. The number of halogens is 2. The molecule has 0 radical (unpaired) electrons. The molecular weight excluding hydrogens is 234 g/mol. The van der Waals surface area contributed by atoms with Crippen LogP contribution in [0.3, 0.4) is 0 Å². The summed E-state index contributed by atoms with van der Waals surface area (Å²) in [5.41, 5.74) is -0.152. The first-order valence-corrected chi connectivity index (χ1v) is 4.61. The first-order valence-electron chi connectivity index (χ1n) is 4.61. The van der Waals surface area contributed by atoms with E-state index in [1.807, 2.05) is 0 Å². The summed E-state index contributed by atoms with van der Waals surface area (Å²) in [6.45, 7) is 0. The van der Waals surface area contributed by atoms with Crippen molar-refractivity contribution in [3.05, 3.63) is 35.4 Å². The summed E-state index contributed by atoms with van der Waals surface area (Å²) in [4.78, 5) is 22.7. The molecule has 0 heterocycles. The summed E-state index contributed by atoms with van der Waals surface area (Å²) in [6, 6.07) is 2.39. The van der Waals surface area contributed by atoms with Crippen molar-refractivity contribution in [1.29, 1.82) is 0 Å². The Labute approximate surface area is 96.1 Å². The third-order valence-corrected chi connectivity index (χ3v) is 2.09. The van der Waals surface area contributed by atoms with Crippen molar-refractivity contribution in [2.24, 2.45) is 0 Å². The van der Waals surface area contributed by atoms with Crippen molar-refractivity contribution in [2.45, 2.75) is 5.92 Å². The van der Waals surface area contributed by atoms with Crippen molar-refractivity contribution in [1.82, 2.24) is 0 Å². The zero-order valence-corrected chi connectivity index (χ0v) is 9.20. The van der Waals surface area contributed by atoms with Crippen molar-refractivity contribution in [3.63, 3.8) is 0 Å². The van der Waals surface area contributed by atoms with Crippen LogP contribution in [0.2, 0.25) is 0 Å². The van der Waals surface area contributed by atoms with Gasteiger partial charge in [0.15, 0.2) is 5.92 Å². The van der Waals surface area contributed by atoms with Crippen LogP contribution in [0.4, 0.5) is 8.78 Å². The molecule has 0 spiro atoms. The van der Waals surface area contributed by atoms with Gasteiger partial charge in [-0.1, -0.05) is 0 Å². The molecule has 0 saturated heterocycles. The van der Waals surface area contributed by atoms with E-state index in [2.05, 4.69) is 9.47 Å². The minimum absolute atomic E-state index is 0.152. The zero-order chi connectivity index (χ0) is 13.0. The van der Waals surface area contributed by atoms with Crippen molar-refractivity contribution >= 4 is 11.9 Å². The van der Waals surface area contributed by atoms with Gasteiger partial charge in [0.25, 0.3) is 0 Å². The molecule has 0 aliphatic carbocycles. The minimum atomic E-state index is -1.49. The van der Waals surface area contributed by atoms with Gasteiger partial charge in [0.1, 0.15) is 11.6 Å². The molecule has 0 aromatic heterocycles. The fourth-order valence-electron chi connectivity index (χ4n) is 1.35. The largest absolute Gasteiger partial charge is 0.468 e. The third-order valence-electron chi connectivity index (χ3n) is 2.09. The molecule has 92 valence electrons. The van der Waals surface area contributed by atoms with E-state index in [1.54, 1.807) is 0 Å². The molecule has 1 aromatic rings. The minimum Gasteiger partial charge on any atom is -0.468 e. The molecule has 0 atom stereocenters. The Morgan fingerprint density at radius 2 is 1.41 bits per heavy atom. The van der Waals surface area contributed by atoms with Crippen LogP contribution in [-0.4, -0.2) is 26.2 Å². The van der Waals surface area contributed by atoms with Gasteiger partial charge in [0, 0.05) is 6.07 Å². The van der Waals surface area contributed by atoms with Gasteiger partial charge in [-0.15, -0.1) is 0 Å². The van der Waals surface area contributed by atoms with E-state index in [-0.39, 0.29) is 5.56 Å². The summed E-state index contributed by atoms with van der Waals surface area (Å²) in [5.74, 6) is -5.16. The molecule has 1 aromatic carbocycles. The Hall–Kier alpha value is -1.98. The second-order valence-electron chi connectivity index (χ2n) is 3.18. The normalized spacial score (nSPS) is 10.2. The van der Waals surface area contributed by atoms with Crippen LogP contribution in [0.1, 0.15) is 11.5 Å². The molecule has 0 N–H and O–H groups in total. The van der Waals surface area contributed by atoms with Crippen LogP contribution in [0.15, 0.2) is 18.2 Å². The highest BCUT2D eigenvalue weighted by atomic mass is 19.1. The van der Waals surface area contributed by atoms with E-state index in [1.165, 1.54) is 0 Å². The summed E-state index contributed by atoms with van der Waals surface area (Å²) >= 11 is 0. The number of carbonyl (C=O) groups is 2. The van der Waals surface area contributed by atoms with Gasteiger partial charge in [-0.2, -0.15) is 0 Å². The highest BCUT2D eigenvalue weighted by molar-refractivity contribution is 6.00. The van der Waals surface area contributed by atoms with Crippen LogP contribution >= 0.6 is 0 Å². The van der Waals surface area contributed by atoms with Crippen LogP contribution in [0, 0.1) is 11.6 Å². The Bertz CT molecular complexity index is 409. The van der Waals surface area contributed by atoms with Crippen molar-refractivity contribution < 1.29 is 27.8 Å². The van der Waals surface area contributed by atoms with Gasteiger partial charge in [0.2, 0.25) is 0 Å². The molecule has 0 aliphatic heterocycles. The third kappa shape index (κ3) is 2.99. The Balaban J connectivity index is 3.21. The summed E-state index contributed by atoms with van der Waals surface area (Å²) in [5, 5.41) is 0. The number of hydrogen-bond acceptors (Lipinski definition) is 4. The van der Waals surface area contributed by atoms with Gasteiger partial charge in [0.05, 0.1) is 14.2 Å². The molecule has 0 saturated carbocycles. The number of esters is 2. The molecule has 0 aliphatic rings. The van der Waals surface area contributed by atoms with Gasteiger partial charge < -0.3 is 9.47 Å². The van der Waals surface area contributed by atoms with E-state index in [4.69, 9.17) is 0 Å². The standard InChI is InChI=1S/C11H10F2O4/c1-16-10(14)9(11(15)17-2)6-3-7(12)5-8(13)4-6/h3-5,9H,1-2H3. The van der Waals surface area contributed by atoms with E-state index >= 15 is 0 Å². The molecule has 0 bridgehead atoms. The first-order chi connectivity index (χ1) is 7.99. The lowest BCUT2D eigenvalue weighted by Gasteiger charge is -2.12. The van der Waals surface area contributed by atoms with Gasteiger partial charge >= 0.3 is 11.9 Å². The van der Waals surface area contributed by atoms with E-state index < -0.39 is 29.5 Å². The quantitative estimate of drug-likeness (QED) is 0.595. The SMILES string of the molecule is COC(=O)C(C(=O)OC)c1cc(F)cc(F)c1. The number of rotatable bonds is 3. The number of methoxy groups -OCH3 is 2. The van der Waals surface area contributed by atoms with Gasteiger partial charge in [-0.3, -0.25) is 9.59 Å². The maximum absolute atomic E-state index is 13.0. The molecule has 0 amide bonds. The van der Waals surface area contributed by atoms with E-state index in [0.29, 0.717) is 6.07 Å². The average molecular weight is 244 g/mol. The second kappa shape index (κ2) is 5.38. The van der Waals surface area contributed by atoms with E-state index in [0.717, 1.165) is 26.4 Å². The summed E-state index contributed by atoms with van der Waals surface area (Å²) < 4.78 is 34.7. The number of hydrogen-bond donors (Lipinski definition) is 0. The lowest BCUT2D eigenvalue weighted by Crippen LogP contribution is -2.24. The van der Waals surface area contributed by atoms with Crippen LogP contribution in [-0.2, 0) is 19.1 Å². The van der Waals surface area contributed by atoms with Crippen molar-refractivity contribution in [3.8, 4) is 0 Å². The number of carbonyl (C=O) groups excluding carboxylic acids is 2. The van der Waals surface area contributed by atoms with Crippen LogP contribution in [0.5, 0.6) is 0 Å². The fraction of sp³-hybridized carbons (Fsp3) is 0.273. The number of ether oxygens (including phenoxy) is 2. The average Bonchev–Trinajstić information content (AvgIpc) is 2.27. The fourth-order valence-corrected chi connectivity index (χ4v) is 1.35. The van der Waals surface area contributed by atoms with Crippen molar-refractivity contribution in [2.75, 3.05) is 14.2 Å². The molecule has 6 heteroatoms.